The maximum absolute atomic E-state index is 5.76. The van der Waals surface area contributed by atoms with Gasteiger partial charge in [-0.25, -0.2) is 4.98 Å². The number of nitrogens with one attached hydrogen (secondary N) is 1. The Morgan fingerprint density at radius 2 is 2.00 bits per heavy atom. The number of anilines is 1. The zero-order valence-corrected chi connectivity index (χ0v) is 11.5. The minimum Gasteiger partial charge on any atom is -0.362 e. The maximum atomic E-state index is 5.76. The van der Waals surface area contributed by atoms with Crippen LogP contribution in [0.25, 0.3) is 0 Å². The Kier molecular flexibility index (Phi) is 3.97. The van der Waals surface area contributed by atoms with E-state index in [2.05, 4.69) is 50.3 Å². The number of hydrogen-bond donors (Lipinski definition) is 1. The van der Waals surface area contributed by atoms with Crippen molar-refractivity contribution in [2.45, 2.75) is 13.0 Å². The van der Waals surface area contributed by atoms with E-state index in [-0.39, 0.29) is 11.3 Å². The molecule has 0 aliphatic rings. The molecule has 1 N–H and O–H groups in total. The fourth-order valence-corrected chi connectivity index (χ4v) is 1.92. The van der Waals surface area contributed by atoms with Crippen LogP contribution in [-0.2, 0) is 0 Å². The van der Waals surface area contributed by atoms with Gasteiger partial charge in [0.05, 0.1) is 4.47 Å². The van der Waals surface area contributed by atoms with E-state index < -0.39 is 0 Å². The minimum atomic E-state index is 0.151. The Morgan fingerprint density at radius 1 is 1.29 bits per heavy atom. The van der Waals surface area contributed by atoms with Gasteiger partial charge in [-0.15, -0.1) is 0 Å². The van der Waals surface area contributed by atoms with E-state index in [0.717, 1.165) is 4.47 Å². The van der Waals surface area contributed by atoms with Gasteiger partial charge in [0.25, 0.3) is 0 Å². The lowest BCUT2D eigenvalue weighted by Crippen LogP contribution is -2.08. The van der Waals surface area contributed by atoms with Crippen molar-refractivity contribution >= 4 is 33.3 Å². The highest BCUT2D eigenvalue weighted by Crippen LogP contribution is 2.24. The molecule has 5 heteroatoms. The molecular formula is C12H11BrClN3. The van der Waals surface area contributed by atoms with Gasteiger partial charge >= 0.3 is 0 Å². The first kappa shape index (κ1) is 12.3. The Morgan fingerprint density at radius 3 is 2.71 bits per heavy atom. The summed E-state index contributed by atoms with van der Waals surface area (Å²) in [7, 11) is 0. The van der Waals surface area contributed by atoms with Crippen molar-refractivity contribution in [3.63, 3.8) is 0 Å². The number of benzene rings is 1. The van der Waals surface area contributed by atoms with Gasteiger partial charge in [-0.2, -0.15) is 4.98 Å². The number of aromatic nitrogens is 2. The molecule has 1 aromatic heterocycles. The van der Waals surface area contributed by atoms with Crippen LogP contribution in [0.5, 0.6) is 0 Å². The van der Waals surface area contributed by atoms with Gasteiger partial charge in [-0.1, -0.05) is 30.3 Å². The second-order valence-electron chi connectivity index (χ2n) is 3.61. The van der Waals surface area contributed by atoms with Crippen LogP contribution >= 0.6 is 27.5 Å². The number of halogens is 2. The van der Waals surface area contributed by atoms with Crippen LogP contribution in [0.1, 0.15) is 18.5 Å². The first-order valence-electron chi connectivity index (χ1n) is 5.16. The smallest absolute Gasteiger partial charge is 0.224 e. The number of nitrogens with zero attached hydrogens (tertiary/aromatic N) is 2. The van der Waals surface area contributed by atoms with Crippen LogP contribution in [0.3, 0.4) is 0 Å². The van der Waals surface area contributed by atoms with Crippen LogP contribution in [0, 0.1) is 0 Å². The zero-order chi connectivity index (χ0) is 12.3. The molecule has 2 aromatic rings. The van der Waals surface area contributed by atoms with Crippen molar-refractivity contribution in [1.82, 2.24) is 9.97 Å². The molecule has 0 radical (unpaired) electrons. The van der Waals surface area contributed by atoms with Crippen molar-refractivity contribution in [3.8, 4) is 0 Å². The second kappa shape index (κ2) is 5.47. The maximum Gasteiger partial charge on any atom is 0.224 e. The molecular weight excluding hydrogens is 302 g/mol. The van der Waals surface area contributed by atoms with E-state index in [1.165, 1.54) is 5.56 Å². The number of hydrogen-bond acceptors (Lipinski definition) is 3. The SMILES string of the molecule is C[C@@H](Nc1nc(Cl)ncc1Br)c1ccccc1. The Balaban J connectivity index is 2.18. The molecule has 0 aliphatic heterocycles. The van der Waals surface area contributed by atoms with Crippen LogP contribution < -0.4 is 5.32 Å². The Labute approximate surface area is 113 Å². The monoisotopic (exact) mass is 311 g/mol. The fraction of sp³-hybridized carbons (Fsp3) is 0.167. The highest BCUT2D eigenvalue weighted by atomic mass is 79.9. The van der Waals surface area contributed by atoms with E-state index in [0.29, 0.717) is 5.82 Å². The zero-order valence-electron chi connectivity index (χ0n) is 9.19. The fourth-order valence-electron chi connectivity index (χ4n) is 1.48. The lowest BCUT2D eigenvalue weighted by atomic mass is 10.1. The van der Waals surface area contributed by atoms with Crippen LogP contribution in [0.15, 0.2) is 41.0 Å². The highest BCUT2D eigenvalue weighted by Gasteiger charge is 2.09. The van der Waals surface area contributed by atoms with Crippen molar-refractivity contribution in [2.75, 3.05) is 5.32 Å². The number of rotatable bonds is 3. The van der Waals surface area contributed by atoms with Gasteiger partial charge in [-0.05, 0) is 40.0 Å². The lowest BCUT2D eigenvalue weighted by molar-refractivity contribution is 0.870. The predicted octanol–water partition coefficient (Wildman–Crippen LogP) is 4.07. The third-order valence-electron chi connectivity index (χ3n) is 2.37. The summed E-state index contributed by atoms with van der Waals surface area (Å²) in [6, 6.07) is 10.3. The molecule has 17 heavy (non-hydrogen) atoms. The summed E-state index contributed by atoms with van der Waals surface area (Å²) < 4.78 is 0.796. The normalized spacial score (nSPS) is 12.2. The highest BCUT2D eigenvalue weighted by molar-refractivity contribution is 9.10. The molecule has 0 saturated heterocycles. The predicted molar refractivity (Wildman–Crippen MR) is 73.2 cm³/mol. The van der Waals surface area contributed by atoms with Crippen LogP contribution in [0.4, 0.5) is 5.82 Å². The quantitative estimate of drug-likeness (QED) is 0.868. The Bertz CT molecular complexity index is 504. The molecule has 3 nitrogen and oxygen atoms in total. The minimum absolute atomic E-state index is 0.151. The van der Waals surface area contributed by atoms with E-state index in [1.54, 1.807) is 6.20 Å². The standard InChI is InChI=1S/C12H11BrClN3/c1-8(9-5-3-2-4-6-9)16-11-10(13)7-15-12(14)17-11/h2-8H,1H3,(H,15,16,17)/t8-/m1/s1. The molecule has 0 aliphatic carbocycles. The van der Waals surface area contributed by atoms with E-state index in [1.807, 2.05) is 18.2 Å². The average Bonchev–Trinajstić information content (AvgIpc) is 2.35. The molecule has 0 bridgehead atoms. The van der Waals surface area contributed by atoms with Gasteiger partial charge in [0.1, 0.15) is 5.82 Å². The average molecular weight is 313 g/mol. The van der Waals surface area contributed by atoms with E-state index in [4.69, 9.17) is 11.6 Å². The largest absolute Gasteiger partial charge is 0.362 e. The van der Waals surface area contributed by atoms with Gasteiger partial charge in [-0.3, -0.25) is 0 Å². The van der Waals surface area contributed by atoms with E-state index in [9.17, 15) is 0 Å². The summed E-state index contributed by atoms with van der Waals surface area (Å²) in [5, 5.41) is 3.52. The molecule has 0 fully saturated rings. The van der Waals surface area contributed by atoms with Crippen molar-refractivity contribution < 1.29 is 0 Å². The summed E-state index contributed by atoms with van der Waals surface area (Å²) in [6.07, 6.45) is 1.63. The van der Waals surface area contributed by atoms with Crippen molar-refractivity contribution in [1.29, 1.82) is 0 Å². The van der Waals surface area contributed by atoms with Gasteiger partial charge in [0.15, 0.2) is 0 Å². The summed E-state index contributed by atoms with van der Waals surface area (Å²) in [4.78, 5) is 8.02. The molecule has 1 heterocycles. The van der Waals surface area contributed by atoms with Crippen molar-refractivity contribution in [3.05, 3.63) is 51.8 Å². The second-order valence-corrected chi connectivity index (χ2v) is 4.80. The van der Waals surface area contributed by atoms with Gasteiger partial charge in [0, 0.05) is 12.2 Å². The third-order valence-corrected chi connectivity index (χ3v) is 3.13. The molecule has 1 aromatic carbocycles. The molecule has 1 atom stereocenters. The van der Waals surface area contributed by atoms with Gasteiger partial charge in [0.2, 0.25) is 5.28 Å². The molecule has 0 saturated carbocycles. The first-order valence-corrected chi connectivity index (χ1v) is 6.33. The van der Waals surface area contributed by atoms with Crippen LogP contribution in [-0.4, -0.2) is 9.97 Å². The van der Waals surface area contributed by atoms with E-state index >= 15 is 0 Å². The molecule has 2 rings (SSSR count). The first-order chi connectivity index (χ1) is 8.16. The molecule has 88 valence electrons. The summed E-state index contributed by atoms with van der Waals surface area (Å²) in [5.74, 6) is 0.696. The lowest BCUT2D eigenvalue weighted by Gasteiger charge is -2.15. The molecule has 0 spiro atoms. The summed E-state index contributed by atoms with van der Waals surface area (Å²) >= 11 is 9.15. The third kappa shape index (κ3) is 3.17. The topological polar surface area (TPSA) is 37.8 Å². The van der Waals surface area contributed by atoms with Crippen LogP contribution in [0.2, 0.25) is 5.28 Å². The van der Waals surface area contributed by atoms with Crippen molar-refractivity contribution in [2.24, 2.45) is 0 Å². The molecule has 0 amide bonds. The summed E-state index contributed by atoms with van der Waals surface area (Å²) in [5.41, 5.74) is 1.19. The summed E-state index contributed by atoms with van der Waals surface area (Å²) in [6.45, 7) is 2.07. The molecule has 0 unspecified atom stereocenters. The van der Waals surface area contributed by atoms with Gasteiger partial charge < -0.3 is 5.32 Å². The Hall–Kier alpha value is -1.13.